The van der Waals surface area contributed by atoms with Crippen molar-refractivity contribution >= 4 is 34.4 Å². The topological polar surface area (TPSA) is 145 Å². The van der Waals surface area contributed by atoms with Crippen LogP contribution in [0.5, 0.6) is 0 Å². The van der Waals surface area contributed by atoms with E-state index in [-0.39, 0.29) is 41.8 Å². The Morgan fingerprint density at radius 2 is 2.19 bits per heavy atom. The number of carboxylic acids is 1. The maximum absolute atomic E-state index is 15.1. The van der Waals surface area contributed by atoms with Gasteiger partial charge in [0, 0.05) is 18.8 Å². The van der Waals surface area contributed by atoms with Crippen LogP contribution in [0.3, 0.4) is 0 Å². The van der Waals surface area contributed by atoms with Crippen LogP contribution in [0.15, 0.2) is 27.4 Å². The highest BCUT2D eigenvalue weighted by Crippen LogP contribution is 2.37. The normalized spacial score (nSPS) is 20.2. The largest absolute Gasteiger partial charge is 0.477 e. The van der Waals surface area contributed by atoms with Crippen molar-refractivity contribution in [3.63, 3.8) is 0 Å². The van der Waals surface area contributed by atoms with E-state index in [2.05, 4.69) is 15.3 Å². The van der Waals surface area contributed by atoms with E-state index < -0.39 is 28.7 Å². The minimum Gasteiger partial charge on any atom is -0.477 e. The second-order valence-corrected chi connectivity index (χ2v) is 7.61. The van der Waals surface area contributed by atoms with Gasteiger partial charge in [-0.1, -0.05) is 10.3 Å². The van der Waals surface area contributed by atoms with Gasteiger partial charge in [-0.2, -0.15) is 0 Å². The smallest absolute Gasteiger partial charge is 0.341 e. The van der Waals surface area contributed by atoms with E-state index in [0.29, 0.717) is 12.3 Å². The number of aromatic carboxylic acids is 1. The lowest BCUT2D eigenvalue weighted by Crippen LogP contribution is -2.31. The van der Waals surface area contributed by atoms with Crippen molar-refractivity contribution in [1.82, 2.24) is 9.55 Å². The van der Waals surface area contributed by atoms with Crippen LogP contribution >= 0.6 is 0 Å². The van der Waals surface area contributed by atoms with Crippen LogP contribution in [0.2, 0.25) is 0 Å². The van der Waals surface area contributed by atoms with Gasteiger partial charge in [-0.15, -0.1) is 0 Å². The first-order valence-corrected chi connectivity index (χ1v) is 10.1. The molecule has 2 fully saturated rings. The van der Waals surface area contributed by atoms with E-state index in [1.54, 1.807) is 16.4 Å². The molecule has 170 valence electrons. The molecule has 0 spiro atoms. The summed E-state index contributed by atoms with van der Waals surface area (Å²) in [6.07, 6.45) is 2.94. The highest BCUT2D eigenvalue weighted by Gasteiger charge is 2.36. The number of carboxylic acid groups (broad SMARTS) is 1. The highest BCUT2D eigenvalue weighted by atomic mass is 19.1. The average molecular weight is 446 g/mol. The second kappa shape index (κ2) is 8.44. The quantitative estimate of drug-likeness (QED) is 0.368. The fourth-order valence-corrected chi connectivity index (χ4v) is 3.78. The number of nitrogens with two attached hydrogens (primary N) is 1. The standard InChI is InChI=1S/C20H23FN6O5/c1-3-32-25-17(22)12-7-26(9-15(12)24-31-2)19-14(21)6-11-16(28)13(20(29)30)8-27(10-4-5-10)18(11)23-19/h6,8,10,12H,3-5,7,9H2,1-2H3,(H2,22,25)(H,29,30)/b24-15-. The van der Waals surface area contributed by atoms with Crippen LogP contribution in [0.4, 0.5) is 10.2 Å². The first kappa shape index (κ1) is 21.5. The third-order valence-electron chi connectivity index (χ3n) is 5.43. The number of nitrogens with zero attached hydrogens (tertiary/aromatic N) is 5. The lowest BCUT2D eigenvalue weighted by atomic mass is 10.1. The Balaban J connectivity index is 1.80. The van der Waals surface area contributed by atoms with Crippen molar-refractivity contribution in [2.24, 2.45) is 22.0 Å². The zero-order valence-electron chi connectivity index (χ0n) is 17.6. The van der Waals surface area contributed by atoms with Crippen LogP contribution in [0.1, 0.15) is 36.2 Å². The summed E-state index contributed by atoms with van der Waals surface area (Å²) in [4.78, 5) is 40.1. The van der Waals surface area contributed by atoms with Crippen molar-refractivity contribution in [3.05, 3.63) is 33.9 Å². The summed E-state index contributed by atoms with van der Waals surface area (Å²) >= 11 is 0. The number of oxime groups is 2. The predicted octanol–water partition coefficient (Wildman–Crippen LogP) is 1.32. The Labute approximate surface area is 181 Å². The summed E-state index contributed by atoms with van der Waals surface area (Å²) < 4.78 is 16.8. The third kappa shape index (κ3) is 3.83. The molecule has 2 aromatic heterocycles. The highest BCUT2D eigenvalue weighted by molar-refractivity contribution is 6.10. The number of carbonyl (C=O) groups is 1. The van der Waals surface area contributed by atoms with Crippen molar-refractivity contribution in [1.29, 1.82) is 0 Å². The molecule has 0 radical (unpaired) electrons. The van der Waals surface area contributed by atoms with Gasteiger partial charge in [-0.3, -0.25) is 4.79 Å². The Morgan fingerprint density at radius 1 is 1.44 bits per heavy atom. The number of amidine groups is 1. The van der Waals surface area contributed by atoms with E-state index in [1.165, 1.54) is 13.3 Å². The maximum atomic E-state index is 15.1. The lowest BCUT2D eigenvalue weighted by molar-refractivity contribution is 0.0695. The third-order valence-corrected chi connectivity index (χ3v) is 5.43. The minimum atomic E-state index is -1.36. The Kier molecular flexibility index (Phi) is 5.68. The molecule has 1 unspecified atom stereocenters. The van der Waals surface area contributed by atoms with Gasteiger partial charge in [0.15, 0.2) is 11.6 Å². The summed E-state index contributed by atoms with van der Waals surface area (Å²) in [7, 11) is 1.39. The number of hydrogen-bond acceptors (Lipinski definition) is 8. The Bertz CT molecular complexity index is 1190. The first-order chi connectivity index (χ1) is 15.3. The molecule has 0 aromatic carbocycles. The van der Waals surface area contributed by atoms with Gasteiger partial charge in [0.25, 0.3) is 0 Å². The molecule has 2 aliphatic rings. The van der Waals surface area contributed by atoms with Crippen LogP contribution in [-0.2, 0) is 9.68 Å². The molecule has 1 aliphatic heterocycles. The molecule has 0 amide bonds. The van der Waals surface area contributed by atoms with Gasteiger partial charge in [0.05, 0.1) is 23.6 Å². The number of rotatable bonds is 7. The Hall–Kier alpha value is -3.70. The van der Waals surface area contributed by atoms with Crippen molar-refractivity contribution in [3.8, 4) is 0 Å². The summed E-state index contributed by atoms with van der Waals surface area (Å²) in [5.41, 5.74) is 5.63. The molecule has 1 saturated carbocycles. The maximum Gasteiger partial charge on any atom is 0.341 e. The fourth-order valence-electron chi connectivity index (χ4n) is 3.78. The van der Waals surface area contributed by atoms with E-state index in [9.17, 15) is 14.7 Å². The second-order valence-electron chi connectivity index (χ2n) is 7.61. The molecule has 4 rings (SSSR count). The number of hydrogen-bond donors (Lipinski definition) is 2. The molecule has 1 aliphatic carbocycles. The number of halogens is 1. The van der Waals surface area contributed by atoms with Crippen LogP contribution < -0.4 is 16.1 Å². The summed E-state index contributed by atoms with van der Waals surface area (Å²) in [5.74, 6) is -2.41. The fraction of sp³-hybridized carbons (Fsp3) is 0.450. The molecular formula is C20H23FN6O5. The number of aromatic nitrogens is 2. The minimum absolute atomic E-state index is 0.00453. The first-order valence-electron chi connectivity index (χ1n) is 10.1. The molecule has 12 heteroatoms. The summed E-state index contributed by atoms with van der Waals surface area (Å²) in [6, 6.07) is 1.07. The van der Waals surface area contributed by atoms with Gasteiger partial charge in [0.2, 0.25) is 5.43 Å². The monoisotopic (exact) mass is 446 g/mol. The van der Waals surface area contributed by atoms with Gasteiger partial charge >= 0.3 is 5.97 Å². The SMILES string of the molecule is CCO/N=C(/N)C1CN(c2nc3c(cc2F)c(=O)c(C(=O)O)cn3C2CC2)C/C1=N/OC. The number of anilines is 1. The molecule has 3 N–H and O–H groups in total. The van der Waals surface area contributed by atoms with Gasteiger partial charge in [-0.25, -0.2) is 14.2 Å². The summed E-state index contributed by atoms with van der Waals surface area (Å²) in [5, 5.41) is 17.2. The molecule has 11 nitrogen and oxygen atoms in total. The molecule has 2 aromatic rings. The molecular weight excluding hydrogens is 423 g/mol. The molecule has 32 heavy (non-hydrogen) atoms. The molecule has 3 heterocycles. The molecule has 0 bridgehead atoms. The number of pyridine rings is 2. The van der Waals surface area contributed by atoms with E-state index >= 15 is 4.39 Å². The van der Waals surface area contributed by atoms with E-state index in [1.807, 2.05) is 0 Å². The summed E-state index contributed by atoms with van der Waals surface area (Å²) in [6.45, 7) is 2.51. The van der Waals surface area contributed by atoms with Crippen molar-refractivity contribution in [2.45, 2.75) is 25.8 Å². The zero-order chi connectivity index (χ0) is 23.0. The van der Waals surface area contributed by atoms with Crippen molar-refractivity contribution < 1.29 is 24.0 Å². The van der Waals surface area contributed by atoms with Crippen molar-refractivity contribution in [2.75, 3.05) is 31.7 Å². The van der Waals surface area contributed by atoms with Gasteiger partial charge in [-0.05, 0) is 25.8 Å². The van der Waals surface area contributed by atoms with Crippen LogP contribution in [0.25, 0.3) is 11.0 Å². The van der Waals surface area contributed by atoms with Crippen LogP contribution in [-0.4, -0.2) is 59.0 Å². The van der Waals surface area contributed by atoms with E-state index in [0.717, 1.165) is 18.9 Å². The lowest BCUT2D eigenvalue weighted by Gasteiger charge is -2.19. The predicted molar refractivity (Wildman–Crippen MR) is 115 cm³/mol. The zero-order valence-corrected chi connectivity index (χ0v) is 17.6. The van der Waals surface area contributed by atoms with Gasteiger partial charge in [0.1, 0.15) is 30.8 Å². The van der Waals surface area contributed by atoms with Gasteiger partial charge < -0.3 is 30.0 Å². The number of fused-ring (bicyclic) bond motifs is 1. The Morgan fingerprint density at radius 3 is 2.81 bits per heavy atom. The van der Waals surface area contributed by atoms with Crippen LogP contribution in [0, 0.1) is 11.7 Å². The molecule has 1 saturated heterocycles. The van der Waals surface area contributed by atoms with E-state index in [4.69, 9.17) is 15.4 Å². The average Bonchev–Trinajstić information content (AvgIpc) is 3.52. The molecule has 1 atom stereocenters.